The standard InChI is InChI=1S/C31H53NO7/c1-7-11-18-35-23-26-28(36-19-12-8-2)30(38-21-14-10-4)29(37-20-13-9-3)27(39-26)24-16-15-17-25(22-24)31(33)32(5)34-6/h15-17,22,26-30H,7-14,18-21,23H2,1-6H3/t26-,27+,28-,29+,30+/m1/s1. The molecule has 0 spiro atoms. The van der Waals surface area contributed by atoms with Crippen molar-refractivity contribution in [3.8, 4) is 0 Å². The maximum Gasteiger partial charge on any atom is 0.277 e. The summed E-state index contributed by atoms with van der Waals surface area (Å²) >= 11 is 0. The van der Waals surface area contributed by atoms with Crippen LogP contribution in [0.15, 0.2) is 24.3 Å². The highest BCUT2D eigenvalue weighted by Crippen LogP contribution is 2.38. The van der Waals surface area contributed by atoms with E-state index < -0.39 is 12.2 Å². The number of amides is 1. The van der Waals surface area contributed by atoms with E-state index in [2.05, 4.69) is 27.7 Å². The Hall–Kier alpha value is -1.55. The highest BCUT2D eigenvalue weighted by atomic mass is 16.7. The van der Waals surface area contributed by atoms with Gasteiger partial charge >= 0.3 is 0 Å². The van der Waals surface area contributed by atoms with Gasteiger partial charge in [0.25, 0.3) is 5.91 Å². The van der Waals surface area contributed by atoms with E-state index in [1.165, 1.54) is 12.2 Å². The van der Waals surface area contributed by atoms with Gasteiger partial charge in [-0.2, -0.15) is 0 Å². The van der Waals surface area contributed by atoms with Crippen LogP contribution in [0.5, 0.6) is 0 Å². The van der Waals surface area contributed by atoms with Crippen LogP contribution in [0.2, 0.25) is 0 Å². The molecule has 0 unspecified atom stereocenters. The van der Waals surface area contributed by atoms with Gasteiger partial charge in [0.15, 0.2) is 0 Å². The third-order valence-electron chi connectivity index (χ3n) is 7.00. The first kappa shape index (κ1) is 33.7. The summed E-state index contributed by atoms with van der Waals surface area (Å²) in [6, 6.07) is 7.52. The largest absolute Gasteiger partial charge is 0.379 e. The van der Waals surface area contributed by atoms with Crippen molar-refractivity contribution in [3.05, 3.63) is 35.4 Å². The summed E-state index contributed by atoms with van der Waals surface area (Å²) in [5.41, 5.74) is 1.38. The summed E-state index contributed by atoms with van der Waals surface area (Å²) in [5, 5.41) is 1.22. The van der Waals surface area contributed by atoms with E-state index in [4.69, 9.17) is 28.5 Å². The van der Waals surface area contributed by atoms with Crippen LogP contribution in [0.1, 0.15) is 101 Å². The van der Waals surface area contributed by atoms with E-state index in [0.717, 1.165) is 56.9 Å². The zero-order chi connectivity index (χ0) is 28.5. The van der Waals surface area contributed by atoms with Crippen molar-refractivity contribution in [3.63, 3.8) is 0 Å². The minimum absolute atomic E-state index is 0.227. The van der Waals surface area contributed by atoms with Crippen LogP contribution in [-0.4, -0.2) is 82.6 Å². The van der Waals surface area contributed by atoms with E-state index in [9.17, 15) is 4.79 Å². The summed E-state index contributed by atoms with van der Waals surface area (Å²) in [5.74, 6) is -0.227. The molecule has 1 fully saturated rings. The lowest BCUT2D eigenvalue weighted by atomic mass is 9.89. The Morgan fingerprint density at radius 1 is 0.821 bits per heavy atom. The highest BCUT2D eigenvalue weighted by molar-refractivity contribution is 5.93. The summed E-state index contributed by atoms with van der Waals surface area (Å²) < 4.78 is 32.4. The smallest absolute Gasteiger partial charge is 0.277 e. The molecule has 5 atom stereocenters. The lowest BCUT2D eigenvalue weighted by molar-refractivity contribution is -0.268. The highest BCUT2D eigenvalue weighted by Gasteiger charge is 2.48. The number of benzene rings is 1. The third kappa shape index (κ3) is 10.7. The maximum atomic E-state index is 12.9. The average Bonchev–Trinajstić information content (AvgIpc) is 2.96. The molecule has 0 N–H and O–H groups in total. The minimum atomic E-state index is -0.445. The van der Waals surface area contributed by atoms with Crippen molar-refractivity contribution < 1.29 is 33.3 Å². The molecule has 0 bridgehead atoms. The van der Waals surface area contributed by atoms with Crippen molar-refractivity contribution in [1.29, 1.82) is 0 Å². The van der Waals surface area contributed by atoms with Crippen molar-refractivity contribution in [2.75, 3.05) is 47.2 Å². The third-order valence-corrected chi connectivity index (χ3v) is 7.00. The number of carbonyl (C=O) groups is 1. The molecule has 39 heavy (non-hydrogen) atoms. The number of hydroxylamine groups is 2. The molecule has 0 aromatic heterocycles. The van der Waals surface area contributed by atoms with Crippen LogP contribution in [0.3, 0.4) is 0 Å². The molecule has 1 saturated heterocycles. The molecule has 0 saturated carbocycles. The molecule has 8 heteroatoms. The first-order chi connectivity index (χ1) is 19.0. The molecule has 0 aliphatic carbocycles. The minimum Gasteiger partial charge on any atom is -0.379 e. The molecule has 1 aliphatic rings. The predicted molar refractivity (Wildman–Crippen MR) is 153 cm³/mol. The van der Waals surface area contributed by atoms with E-state index in [0.29, 0.717) is 38.6 Å². The van der Waals surface area contributed by atoms with Crippen LogP contribution in [0.25, 0.3) is 0 Å². The molecule has 8 nitrogen and oxygen atoms in total. The fourth-order valence-corrected chi connectivity index (χ4v) is 4.54. The van der Waals surface area contributed by atoms with Gasteiger partial charge in [0.2, 0.25) is 0 Å². The SMILES string of the molecule is CCCCOC[C@H]1O[C@@H](c2cccc(C(=O)N(C)OC)c2)[C@H](OCCCC)[C@@H](OCCCC)[C@@H]1OCCCC. The Bertz CT molecular complexity index is 792. The summed E-state index contributed by atoms with van der Waals surface area (Å²) in [6.45, 7) is 11.5. The lowest BCUT2D eigenvalue weighted by Gasteiger charge is -2.46. The van der Waals surface area contributed by atoms with Crippen LogP contribution in [0.4, 0.5) is 0 Å². The average molecular weight is 552 g/mol. The molecule has 1 heterocycles. The number of carbonyl (C=O) groups excluding carboxylic acids is 1. The fourth-order valence-electron chi connectivity index (χ4n) is 4.54. The number of ether oxygens (including phenoxy) is 5. The van der Waals surface area contributed by atoms with Crippen LogP contribution in [0, 0.1) is 0 Å². The van der Waals surface area contributed by atoms with Gasteiger partial charge < -0.3 is 23.7 Å². The summed E-state index contributed by atoms with van der Waals surface area (Å²) in [6.07, 6.45) is 6.21. The maximum absolute atomic E-state index is 12.9. The van der Waals surface area contributed by atoms with Gasteiger partial charge in [0.05, 0.1) is 13.7 Å². The van der Waals surface area contributed by atoms with Gasteiger partial charge in [-0.3, -0.25) is 9.63 Å². The summed E-state index contributed by atoms with van der Waals surface area (Å²) in [4.78, 5) is 18.0. The van der Waals surface area contributed by atoms with Crippen LogP contribution in [-0.2, 0) is 28.5 Å². The monoisotopic (exact) mass is 551 g/mol. The van der Waals surface area contributed by atoms with Gasteiger partial charge in [0.1, 0.15) is 30.5 Å². The van der Waals surface area contributed by atoms with E-state index >= 15 is 0 Å². The van der Waals surface area contributed by atoms with Gasteiger partial charge in [-0.25, -0.2) is 5.06 Å². The molecule has 1 aromatic carbocycles. The van der Waals surface area contributed by atoms with Crippen molar-refractivity contribution >= 4 is 5.91 Å². The molecule has 1 amide bonds. The number of unbranched alkanes of at least 4 members (excludes halogenated alkanes) is 4. The van der Waals surface area contributed by atoms with Gasteiger partial charge in [0, 0.05) is 39.0 Å². The van der Waals surface area contributed by atoms with Crippen molar-refractivity contribution in [2.45, 2.75) is 110 Å². The number of hydrogen-bond acceptors (Lipinski definition) is 7. The Morgan fingerprint density at radius 2 is 1.38 bits per heavy atom. The van der Waals surface area contributed by atoms with Gasteiger partial charge in [-0.15, -0.1) is 0 Å². The first-order valence-corrected chi connectivity index (χ1v) is 15.0. The zero-order valence-electron chi connectivity index (χ0n) is 25.2. The van der Waals surface area contributed by atoms with Crippen LogP contribution >= 0.6 is 0 Å². The second-order valence-corrected chi connectivity index (χ2v) is 10.2. The Labute approximate surface area is 236 Å². The van der Waals surface area contributed by atoms with E-state index in [1.807, 2.05) is 18.2 Å². The van der Waals surface area contributed by atoms with Gasteiger partial charge in [-0.05, 0) is 43.4 Å². The van der Waals surface area contributed by atoms with Crippen LogP contribution < -0.4 is 0 Å². The lowest BCUT2D eigenvalue weighted by Crippen LogP contribution is -2.58. The number of hydrogen-bond donors (Lipinski definition) is 0. The Morgan fingerprint density at radius 3 is 1.97 bits per heavy atom. The molecular weight excluding hydrogens is 498 g/mol. The number of nitrogens with zero attached hydrogens (tertiary/aromatic N) is 1. The second-order valence-electron chi connectivity index (χ2n) is 10.2. The van der Waals surface area contributed by atoms with Crippen molar-refractivity contribution in [1.82, 2.24) is 5.06 Å². The van der Waals surface area contributed by atoms with E-state index in [1.54, 1.807) is 13.1 Å². The Kier molecular flexibility index (Phi) is 16.8. The Balaban J connectivity index is 2.47. The normalized spacial score (nSPS) is 23.2. The molecule has 1 aromatic rings. The first-order valence-electron chi connectivity index (χ1n) is 15.0. The van der Waals surface area contributed by atoms with Gasteiger partial charge in [-0.1, -0.05) is 65.5 Å². The summed E-state index contributed by atoms with van der Waals surface area (Å²) in [7, 11) is 3.08. The molecule has 224 valence electrons. The predicted octanol–water partition coefficient (Wildman–Crippen LogP) is 6.13. The van der Waals surface area contributed by atoms with Crippen molar-refractivity contribution in [2.24, 2.45) is 0 Å². The topological polar surface area (TPSA) is 75.7 Å². The second kappa shape index (κ2) is 19.5. The molecule has 0 radical (unpaired) electrons. The quantitative estimate of drug-likeness (QED) is 0.142. The molecule has 1 aliphatic heterocycles. The molecule has 2 rings (SSSR count). The molecular formula is C31H53NO7. The fraction of sp³-hybridized carbons (Fsp3) is 0.774. The number of rotatable bonds is 20. The zero-order valence-corrected chi connectivity index (χ0v) is 25.2. The van der Waals surface area contributed by atoms with E-state index in [-0.39, 0.29) is 24.2 Å².